The largest absolute Gasteiger partial charge is 0.379 e. The summed E-state index contributed by atoms with van der Waals surface area (Å²) in [6.45, 7) is 4.83. The van der Waals surface area contributed by atoms with Crippen LogP contribution < -0.4 is 5.14 Å². The average Bonchev–Trinajstić information content (AvgIpc) is 2.24. The Morgan fingerprint density at radius 2 is 1.47 bits per heavy atom. The van der Waals surface area contributed by atoms with Crippen LogP contribution in [0.3, 0.4) is 0 Å². The Kier molecular flexibility index (Phi) is 10.8. The predicted octanol–water partition coefficient (Wildman–Crippen LogP) is 1.28. The minimum absolute atomic E-state index is 0.0626. The van der Waals surface area contributed by atoms with Crippen LogP contribution in [0.2, 0.25) is 0 Å². The molecule has 0 aliphatic heterocycles. The van der Waals surface area contributed by atoms with Crippen molar-refractivity contribution in [2.45, 2.75) is 39.0 Å². The Hall–Kier alpha value is -0.170. The summed E-state index contributed by atoms with van der Waals surface area (Å²) < 4.78 is 31.9. The number of rotatable bonds is 12. The molecule has 0 aromatic carbocycles. The predicted molar refractivity (Wildman–Crippen MR) is 68.4 cm³/mol. The monoisotopic (exact) mass is 267 g/mol. The second-order valence-corrected chi connectivity index (χ2v) is 5.74. The molecule has 0 heterocycles. The number of primary sulfonamides is 1. The summed E-state index contributed by atoms with van der Waals surface area (Å²) in [5, 5.41) is 4.88. The van der Waals surface area contributed by atoms with Gasteiger partial charge in [0.1, 0.15) is 0 Å². The highest BCUT2D eigenvalue weighted by atomic mass is 32.2. The lowest BCUT2D eigenvalue weighted by molar-refractivity contribution is 0.0454. The fourth-order valence-corrected chi connectivity index (χ4v) is 1.86. The third kappa shape index (κ3) is 15.8. The molecular weight excluding hydrogens is 242 g/mol. The summed E-state index contributed by atoms with van der Waals surface area (Å²) >= 11 is 0. The highest BCUT2D eigenvalue weighted by molar-refractivity contribution is 7.89. The Bertz CT molecular complexity index is 254. The van der Waals surface area contributed by atoms with E-state index in [1.807, 2.05) is 0 Å². The summed E-state index contributed by atoms with van der Waals surface area (Å²) in [7, 11) is -3.30. The summed E-state index contributed by atoms with van der Waals surface area (Å²) in [5.74, 6) is 0.0626. The van der Waals surface area contributed by atoms with E-state index < -0.39 is 10.0 Å². The van der Waals surface area contributed by atoms with Crippen molar-refractivity contribution in [3.05, 3.63) is 0 Å². The van der Waals surface area contributed by atoms with Gasteiger partial charge >= 0.3 is 0 Å². The number of sulfonamides is 1. The van der Waals surface area contributed by atoms with Gasteiger partial charge in [-0.25, -0.2) is 13.6 Å². The second kappa shape index (κ2) is 11.0. The van der Waals surface area contributed by atoms with E-state index in [9.17, 15) is 8.42 Å². The molecular formula is C11H25NO4S. The maximum Gasteiger partial charge on any atom is 0.209 e. The molecule has 6 heteroatoms. The van der Waals surface area contributed by atoms with Crippen molar-refractivity contribution in [3.63, 3.8) is 0 Å². The van der Waals surface area contributed by atoms with Crippen LogP contribution >= 0.6 is 0 Å². The van der Waals surface area contributed by atoms with Crippen LogP contribution in [-0.4, -0.2) is 40.6 Å². The number of ether oxygens (including phenoxy) is 2. The quantitative estimate of drug-likeness (QED) is 0.540. The maximum absolute atomic E-state index is 10.6. The van der Waals surface area contributed by atoms with Gasteiger partial charge in [-0.05, 0) is 19.3 Å². The van der Waals surface area contributed by atoms with Gasteiger partial charge in [0.15, 0.2) is 0 Å². The molecule has 0 aromatic rings. The first-order valence-electron chi connectivity index (χ1n) is 6.22. The molecule has 0 aliphatic carbocycles. The molecule has 0 saturated heterocycles. The molecule has 0 radical (unpaired) electrons. The van der Waals surface area contributed by atoms with Crippen molar-refractivity contribution < 1.29 is 17.9 Å². The molecule has 0 spiro atoms. The van der Waals surface area contributed by atoms with Crippen molar-refractivity contribution >= 4 is 10.0 Å². The van der Waals surface area contributed by atoms with Gasteiger partial charge in [-0.3, -0.25) is 0 Å². The molecule has 0 atom stereocenters. The Balaban J connectivity index is 3.04. The summed E-state index contributed by atoms with van der Waals surface area (Å²) in [5.41, 5.74) is 0. The minimum atomic E-state index is -3.30. The summed E-state index contributed by atoms with van der Waals surface area (Å²) in [6, 6.07) is 0. The van der Waals surface area contributed by atoms with E-state index in [0.717, 1.165) is 32.3 Å². The minimum Gasteiger partial charge on any atom is -0.379 e. The average molecular weight is 267 g/mol. The van der Waals surface area contributed by atoms with Crippen molar-refractivity contribution in [2.24, 2.45) is 5.14 Å². The molecule has 0 aliphatic rings. The lowest BCUT2D eigenvalue weighted by Gasteiger charge is -2.05. The Morgan fingerprint density at radius 1 is 0.882 bits per heavy atom. The highest BCUT2D eigenvalue weighted by Gasteiger charge is 2.01. The smallest absolute Gasteiger partial charge is 0.209 e. The first-order chi connectivity index (χ1) is 8.06. The zero-order chi connectivity index (χ0) is 13.0. The van der Waals surface area contributed by atoms with Crippen LogP contribution in [0.4, 0.5) is 0 Å². The van der Waals surface area contributed by atoms with E-state index >= 15 is 0 Å². The lowest BCUT2D eigenvalue weighted by atomic mass is 10.3. The molecule has 0 bridgehead atoms. The molecule has 0 amide bonds. The zero-order valence-electron chi connectivity index (χ0n) is 10.7. The molecule has 17 heavy (non-hydrogen) atoms. The van der Waals surface area contributed by atoms with Crippen LogP contribution in [0, 0.1) is 0 Å². The number of unbranched alkanes of at least 4 members (excludes halogenated alkanes) is 3. The van der Waals surface area contributed by atoms with Gasteiger partial charge in [-0.1, -0.05) is 19.8 Å². The molecule has 104 valence electrons. The van der Waals surface area contributed by atoms with Crippen LogP contribution in [0.1, 0.15) is 39.0 Å². The van der Waals surface area contributed by atoms with E-state index in [1.165, 1.54) is 0 Å². The van der Waals surface area contributed by atoms with Gasteiger partial charge < -0.3 is 9.47 Å². The van der Waals surface area contributed by atoms with Crippen molar-refractivity contribution in [1.82, 2.24) is 0 Å². The SMILES string of the molecule is CCCCOCCOCCCCCS(N)(=O)=O. The molecule has 0 saturated carbocycles. The van der Waals surface area contributed by atoms with E-state index in [1.54, 1.807) is 0 Å². The molecule has 5 nitrogen and oxygen atoms in total. The van der Waals surface area contributed by atoms with Gasteiger partial charge in [0.25, 0.3) is 0 Å². The van der Waals surface area contributed by atoms with Crippen molar-refractivity contribution in [3.8, 4) is 0 Å². The standard InChI is InChI=1S/C11H25NO4S/c1-2-3-7-15-9-10-16-8-5-4-6-11-17(12,13)14/h2-11H2,1H3,(H2,12,13,14). The van der Waals surface area contributed by atoms with E-state index in [4.69, 9.17) is 14.6 Å². The third-order valence-corrected chi connectivity index (χ3v) is 3.09. The first kappa shape index (κ1) is 16.8. The van der Waals surface area contributed by atoms with Crippen LogP contribution in [0.5, 0.6) is 0 Å². The maximum atomic E-state index is 10.6. The molecule has 0 unspecified atom stereocenters. The van der Waals surface area contributed by atoms with Crippen LogP contribution in [-0.2, 0) is 19.5 Å². The molecule has 0 aromatic heterocycles. The number of hydrogen-bond acceptors (Lipinski definition) is 4. The van der Waals surface area contributed by atoms with Crippen molar-refractivity contribution in [1.29, 1.82) is 0 Å². The fourth-order valence-electron chi connectivity index (χ4n) is 1.25. The molecule has 2 N–H and O–H groups in total. The third-order valence-electron chi connectivity index (χ3n) is 2.23. The van der Waals surface area contributed by atoms with Gasteiger partial charge in [0.05, 0.1) is 19.0 Å². The number of hydrogen-bond donors (Lipinski definition) is 1. The summed E-state index contributed by atoms with van der Waals surface area (Å²) in [6.07, 6.45) is 4.53. The highest BCUT2D eigenvalue weighted by Crippen LogP contribution is 1.98. The lowest BCUT2D eigenvalue weighted by Crippen LogP contribution is -2.16. The van der Waals surface area contributed by atoms with Crippen molar-refractivity contribution in [2.75, 3.05) is 32.2 Å². The fraction of sp³-hybridized carbons (Fsp3) is 1.00. The topological polar surface area (TPSA) is 78.6 Å². The Labute approximate surface area is 105 Å². The van der Waals surface area contributed by atoms with Gasteiger partial charge in [-0.2, -0.15) is 0 Å². The van der Waals surface area contributed by atoms with E-state index in [-0.39, 0.29) is 5.75 Å². The van der Waals surface area contributed by atoms with Gasteiger partial charge in [-0.15, -0.1) is 0 Å². The zero-order valence-corrected chi connectivity index (χ0v) is 11.5. The molecule has 0 fully saturated rings. The van der Waals surface area contributed by atoms with Crippen LogP contribution in [0.15, 0.2) is 0 Å². The van der Waals surface area contributed by atoms with Gasteiger partial charge in [0.2, 0.25) is 10.0 Å². The summed E-state index contributed by atoms with van der Waals surface area (Å²) in [4.78, 5) is 0. The first-order valence-corrected chi connectivity index (χ1v) is 7.93. The molecule has 0 rings (SSSR count). The Morgan fingerprint density at radius 3 is 2.00 bits per heavy atom. The number of nitrogens with two attached hydrogens (primary N) is 1. The normalized spacial score (nSPS) is 11.9. The second-order valence-electron chi connectivity index (χ2n) is 4.01. The van der Waals surface area contributed by atoms with Gasteiger partial charge in [0, 0.05) is 13.2 Å². The van der Waals surface area contributed by atoms with E-state index in [2.05, 4.69) is 6.92 Å². The van der Waals surface area contributed by atoms with E-state index in [0.29, 0.717) is 26.2 Å². The van der Waals surface area contributed by atoms with Crippen LogP contribution in [0.25, 0.3) is 0 Å².